The van der Waals surface area contributed by atoms with E-state index in [4.69, 9.17) is 4.74 Å². The van der Waals surface area contributed by atoms with Gasteiger partial charge >= 0.3 is 0 Å². The molecule has 2 aromatic rings. The molecular formula is C18H23N5O. The Morgan fingerprint density at radius 1 is 1.00 bits per heavy atom. The van der Waals surface area contributed by atoms with E-state index >= 15 is 0 Å². The number of hydrogen-bond acceptors (Lipinski definition) is 6. The molecule has 24 heavy (non-hydrogen) atoms. The van der Waals surface area contributed by atoms with Crippen molar-refractivity contribution in [3.8, 4) is 0 Å². The molecule has 126 valence electrons. The van der Waals surface area contributed by atoms with Crippen LogP contribution in [0.15, 0.2) is 42.9 Å². The summed E-state index contributed by atoms with van der Waals surface area (Å²) in [6.45, 7) is 5.36. The van der Waals surface area contributed by atoms with Gasteiger partial charge in [0.05, 0.1) is 24.4 Å². The first-order valence-electron chi connectivity index (χ1n) is 8.61. The van der Waals surface area contributed by atoms with E-state index in [9.17, 15) is 0 Å². The van der Waals surface area contributed by atoms with Crippen LogP contribution in [0.4, 0.5) is 5.95 Å². The van der Waals surface area contributed by atoms with E-state index in [2.05, 4.69) is 30.8 Å². The number of nitrogens with zero attached hydrogens (tertiary/aromatic N) is 5. The molecule has 0 radical (unpaired) electrons. The number of rotatable bonds is 3. The molecule has 2 saturated heterocycles. The Kier molecular flexibility index (Phi) is 4.40. The molecule has 6 heteroatoms. The maximum atomic E-state index is 6.27. The summed E-state index contributed by atoms with van der Waals surface area (Å²) in [5, 5.41) is 0. The molecule has 0 amide bonds. The summed E-state index contributed by atoms with van der Waals surface area (Å²) < 4.78 is 6.27. The summed E-state index contributed by atoms with van der Waals surface area (Å²) in [5.74, 6) is 0.807. The van der Waals surface area contributed by atoms with Gasteiger partial charge in [0.2, 0.25) is 5.95 Å². The van der Waals surface area contributed by atoms with Gasteiger partial charge in [-0.15, -0.1) is 0 Å². The molecule has 2 aliphatic rings. The number of likely N-dealkylation sites (tertiary alicyclic amines) is 1. The average Bonchev–Trinajstić information content (AvgIpc) is 2.63. The fourth-order valence-corrected chi connectivity index (χ4v) is 3.76. The summed E-state index contributed by atoms with van der Waals surface area (Å²) in [7, 11) is 0. The third kappa shape index (κ3) is 3.39. The molecule has 2 aliphatic heterocycles. The van der Waals surface area contributed by atoms with E-state index < -0.39 is 0 Å². The van der Waals surface area contributed by atoms with Crippen molar-refractivity contribution in [3.63, 3.8) is 0 Å². The SMILES string of the molecule is c1ccc(CN2CCCC3(C2)CN(c2ncccn2)CCO3)nc1. The molecule has 2 fully saturated rings. The van der Waals surface area contributed by atoms with E-state index in [-0.39, 0.29) is 5.60 Å². The molecule has 6 nitrogen and oxygen atoms in total. The number of piperidine rings is 1. The number of hydrogen-bond donors (Lipinski definition) is 0. The first kappa shape index (κ1) is 15.5. The predicted molar refractivity (Wildman–Crippen MR) is 91.7 cm³/mol. The highest BCUT2D eigenvalue weighted by molar-refractivity contribution is 5.30. The number of anilines is 1. The molecule has 2 aromatic heterocycles. The molecule has 0 bridgehead atoms. The van der Waals surface area contributed by atoms with Crippen LogP contribution < -0.4 is 4.90 Å². The smallest absolute Gasteiger partial charge is 0.225 e. The van der Waals surface area contributed by atoms with Crippen LogP contribution in [0, 0.1) is 0 Å². The van der Waals surface area contributed by atoms with E-state index in [0.717, 1.165) is 63.8 Å². The summed E-state index contributed by atoms with van der Waals surface area (Å²) >= 11 is 0. The van der Waals surface area contributed by atoms with Crippen LogP contribution in [0.25, 0.3) is 0 Å². The number of aromatic nitrogens is 3. The van der Waals surface area contributed by atoms with Crippen LogP contribution in [-0.4, -0.2) is 58.2 Å². The zero-order chi connectivity index (χ0) is 16.2. The number of ether oxygens (including phenoxy) is 1. The standard InChI is InChI=1S/C18H23N5O/c1-2-7-19-16(5-1)13-22-10-3-6-18(14-22)15-23(11-12-24-18)17-20-8-4-9-21-17/h1-2,4-5,7-9H,3,6,10-15H2. The first-order chi connectivity index (χ1) is 11.8. The van der Waals surface area contributed by atoms with Gasteiger partial charge < -0.3 is 9.64 Å². The van der Waals surface area contributed by atoms with Gasteiger partial charge in [-0.2, -0.15) is 0 Å². The maximum Gasteiger partial charge on any atom is 0.225 e. The van der Waals surface area contributed by atoms with Gasteiger partial charge in [0.25, 0.3) is 0 Å². The highest BCUT2D eigenvalue weighted by atomic mass is 16.5. The minimum Gasteiger partial charge on any atom is -0.370 e. The highest BCUT2D eigenvalue weighted by Gasteiger charge is 2.41. The third-order valence-electron chi connectivity index (χ3n) is 4.81. The first-order valence-corrected chi connectivity index (χ1v) is 8.61. The third-order valence-corrected chi connectivity index (χ3v) is 4.81. The van der Waals surface area contributed by atoms with Crippen molar-refractivity contribution < 1.29 is 4.74 Å². The predicted octanol–water partition coefficient (Wildman–Crippen LogP) is 1.74. The monoisotopic (exact) mass is 325 g/mol. The lowest BCUT2D eigenvalue weighted by molar-refractivity contribution is -0.0989. The van der Waals surface area contributed by atoms with Crippen LogP contribution in [-0.2, 0) is 11.3 Å². The molecule has 0 aliphatic carbocycles. The van der Waals surface area contributed by atoms with Crippen molar-refractivity contribution in [2.45, 2.75) is 25.0 Å². The minimum atomic E-state index is -0.121. The van der Waals surface area contributed by atoms with Gasteiger partial charge in [-0.3, -0.25) is 9.88 Å². The molecular weight excluding hydrogens is 302 g/mol. The van der Waals surface area contributed by atoms with Crippen molar-refractivity contribution in [3.05, 3.63) is 48.5 Å². The second-order valence-electron chi connectivity index (χ2n) is 6.64. The number of pyridine rings is 1. The summed E-state index contributed by atoms with van der Waals surface area (Å²) in [4.78, 5) is 18.0. The van der Waals surface area contributed by atoms with Crippen LogP contribution in [0.3, 0.4) is 0 Å². The maximum absolute atomic E-state index is 6.27. The molecule has 1 atom stereocenters. The topological polar surface area (TPSA) is 54.4 Å². The Balaban J connectivity index is 1.45. The molecule has 4 heterocycles. The second-order valence-corrected chi connectivity index (χ2v) is 6.64. The van der Waals surface area contributed by atoms with Gasteiger partial charge in [0.15, 0.2) is 0 Å². The molecule has 4 rings (SSSR count). The van der Waals surface area contributed by atoms with Gasteiger partial charge in [0.1, 0.15) is 0 Å². The lowest BCUT2D eigenvalue weighted by Gasteiger charge is -2.48. The summed E-state index contributed by atoms with van der Waals surface area (Å²) in [6.07, 6.45) is 7.71. The fraction of sp³-hybridized carbons (Fsp3) is 0.500. The van der Waals surface area contributed by atoms with Crippen molar-refractivity contribution in [2.75, 3.05) is 37.7 Å². The zero-order valence-electron chi connectivity index (χ0n) is 13.8. The minimum absolute atomic E-state index is 0.121. The van der Waals surface area contributed by atoms with Crippen LogP contribution >= 0.6 is 0 Å². The van der Waals surface area contributed by atoms with Crippen LogP contribution in [0.1, 0.15) is 18.5 Å². The van der Waals surface area contributed by atoms with E-state index in [0.29, 0.717) is 0 Å². The average molecular weight is 325 g/mol. The molecule has 1 unspecified atom stereocenters. The summed E-state index contributed by atoms with van der Waals surface area (Å²) in [6, 6.07) is 7.96. The molecule has 0 N–H and O–H groups in total. The van der Waals surface area contributed by atoms with E-state index in [1.54, 1.807) is 12.4 Å². The van der Waals surface area contributed by atoms with Gasteiger partial charge in [-0.05, 0) is 37.6 Å². The zero-order valence-corrected chi connectivity index (χ0v) is 13.8. The Morgan fingerprint density at radius 3 is 2.71 bits per heavy atom. The highest BCUT2D eigenvalue weighted by Crippen LogP contribution is 2.30. The Bertz CT molecular complexity index is 649. The Hall–Kier alpha value is -2.05. The second kappa shape index (κ2) is 6.83. The van der Waals surface area contributed by atoms with Gasteiger partial charge in [-0.1, -0.05) is 6.07 Å². The van der Waals surface area contributed by atoms with Crippen molar-refractivity contribution in [1.82, 2.24) is 19.9 Å². The lowest BCUT2D eigenvalue weighted by Crippen LogP contribution is -2.60. The van der Waals surface area contributed by atoms with Crippen molar-refractivity contribution >= 4 is 5.95 Å². The fourth-order valence-electron chi connectivity index (χ4n) is 3.76. The molecule has 1 spiro atoms. The van der Waals surface area contributed by atoms with Crippen LogP contribution in [0.5, 0.6) is 0 Å². The van der Waals surface area contributed by atoms with Gasteiger partial charge in [-0.25, -0.2) is 9.97 Å². The molecule has 0 saturated carbocycles. The van der Waals surface area contributed by atoms with Crippen LogP contribution in [0.2, 0.25) is 0 Å². The Morgan fingerprint density at radius 2 is 1.88 bits per heavy atom. The van der Waals surface area contributed by atoms with Gasteiger partial charge in [0, 0.05) is 38.2 Å². The normalized spacial score (nSPS) is 25.1. The van der Waals surface area contributed by atoms with Crippen molar-refractivity contribution in [1.29, 1.82) is 0 Å². The quantitative estimate of drug-likeness (QED) is 0.857. The lowest BCUT2D eigenvalue weighted by atomic mass is 9.90. The van der Waals surface area contributed by atoms with E-state index in [1.165, 1.54) is 0 Å². The molecule has 0 aromatic carbocycles. The van der Waals surface area contributed by atoms with E-state index in [1.807, 2.05) is 24.4 Å². The number of morpholine rings is 1. The largest absolute Gasteiger partial charge is 0.370 e. The Labute approximate surface area is 142 Å². The van der Waals surface area contributed by atoms with Crippen molar-refractivity contribution in [2.24, 2.45) is 0 Å². The summed E-state index contributed by atoms with van der Waals surface area (Å²) in [5.41, 5.74) is 0.999.